The predicted octanol–water partition coefficient (Wildman–Crippen LogP) is 5.57. The van der Waals surface area contributed by atoms with Crippen LogP contribution in [0.5, 0.6) is 17.2 Å². The number of para-hydroxylation sites is 2. The molecule has 0 amide bonds. The van der Waals surface area contributed by atoms with Gasteiger partial charge in [-0.25, -0.2) is 4.98 Å². The third-order valence-electron chi connectivity index (χ3n) is 6.26. The number of anilines is 1. The van der Waals surface area contributed by atoms with Gasteiger partial charge < -0.3 is 25.2 Å². The summed E-state index contributed by atoms with van der Waals surface area (Å²) in [4.78, 5) is 4.91. The van der Waals surface area contributed by atoms with Gasteiger partial charge in [-0.3, -0.25) is 0 Å². The molecular formula is C27H31N3O3. The summed E-state index contributed by atoms with van der Waals surface area (Å²) in [5.74, 6) is 2.46. The second kappa shape index (κ2) is 7.96. The van der Waals surface area contributed by atoms with Crippen LogP contribution in [0, 0.1) is 0 Å². The summed E-state index contributed by atoms with van der Waals surface area (Å²) < 4.78 is 11.4. The van der Waals surface area contributed by atoms with E-state index in [-0.39, 0.29) is 29.7 Å². The first-order chi connectivity index (χ1) is 15.7. The number of phenols is 1. The van der Waals surface area contributed by atoms with Crippen molar-refractivity contribution in [2.45, 2.75) is 57.7 Å². The monoisotopic (exact) mass is 445 g/mol. The Morgan fingerprint density at radius 2 is 1.67 bits per heavy atom. The van der Waals surface area contributed by atoms with E-state index in [1.165, 1.54) is 0 Å². The molecule has 1 saturated heterocycles. The van der Waals surface area contributed by atoms with Gasteiger partial charge in [-0.1, -0.05) is 24.3 Å². The van der Waals surface area contributed by atoms with Gasteiger partial charge in [0.15, 0.2) is 11.5 Å². The van der Waals surface area contributed by atoms with Gasteiger partial charge in [-0.2, -0.15) is 0 Å². The largest absolute Gasteiger partial charge is 0.507 e. The minimum absolute atomic E-state index is 0.0169. The topological polar surface area (TPSA) is 75.6 Å². The molecule has 2 aliphatic rings. The minimum Gasteiger partial charge on any atom is -0.507 e. The Morgan fingerprint density at radius 1 is 0.939 bits per heavy atom. The molecule has 6 heteroatoms. The molecule has 0 aliphatic carbocycles. The Labute approximate surface area is 195 Å². The number of aromatic nitrogens is 1. The Bertz CT molecular complexity index is 1170. The molecule has 2 aromatic carbocycles. The van der Waals surface area contributed by atoms with Crippen molar-refractivity contribution in [2.75, 3.05) is 12.1 Å². The summed E-state index contributed by atoms with van der Waals surface area (Å²) in [5, 5.41) is 17.9. The van der Waals surface area contributed by atoms with Gasteiger partial charge in [0.2, 0.25) is 6.79 Å². The summed E-state index contributed by atoms with van der Waals surface area (Å²) in [6.07, 6.45) is 1.96. The van der Waals surface area contributed by atoms with Gasteiger partial charge in [0.1, 0.15) is 11.6 Å². The molecule has 3 aromatic rings. The number of hydrogen-bond donors (Lipinski definition) is 3. The van der Waals surface area contributed by atoms with Crippen LogP contribution in [-0.4, -0.2) is 34.0 Å². The maximum atomic E-state index is 10.5. The molecule has 1 fully saturated rings. The molecule has 2 aliphatic heterocycles. The lowest BCUT2D eigenvalue weighted by atomic mass is 9.79. The molecule has 3 N–H and O–H groups in total. The zero-order valence-corrected chi connectivity index (χ0v) is 19.6. The Balaban J connectivity index is 1.58. The van der Waals surface area contributed by atoms with E-state index in [1.807, 2.05) is 42.5 Å². The molecule has 0 atom stereocenters. The van der Waals surface area contributed by atoms with Crippen molar-refractivity contribution in [3.8, 4) is 39.6 Å². The molecule has 0 saturated carbocycles. The van der Waals surface area contributed by atoms with Crippen molar-refractivity contribution < 1.29 is 14.6 Å². The number of piperidine rings is 1. The van der Waals surface area contributed by atoms with Crippen LogP contribution in [0.3, 0.4) is 0 Å². The van der Waals surface area contributed by atoms with Crippen molar-refractivity contribution in [3.63, 3.8) is 0 Å². The van der Waals surface area contributed by atoms with E-state index in [0.717, 1.165) is 41.3 Å². The third kappa shape index (κ3) is 4.48. The fourth-order valence-electron chi connectivity index (χ4n) is 5.38. The van der Waals surface area contributed by atoms with E-state index in [1.54, 1.807) is 6.07 Å². The van der Waals surface area contributed by atoms with Crippen molar-refractivity contribution in [1.82, 2.24) is 10.3 Å². The molecule has 1 aromatic heterocycles. The second-order valence-corrected chi connectivity index (χ2v) is 10.3. The fraction of sp³-hybridized carbons (Fsp3) is 0.370. The SMILES string of the molecule is CC1(C)CC(Nc2cc(-c3cccc4c3OCO4)cc(-c3ccccc3O)n2)CC(C)(C)N1. The van der Waals surface area contributed by atoms with Crippen LogP contribution in [0.1, 0.15) is 40.5 Å². The minimum atomic E-state index is 0.0169. The first-order valence-corrected chi connectivity index (χ1v) is 11.4. The number of benzene rings is 2. The van der Waals surface area contributed by atoms with Crippen molar-refractivity contribution in [1.29, 1.82) is 0 Å². The number of ether oxygens (including phenoxy) is 2. The number of hydrogen-bond acceptors (Lipinski definition) is 6. The van der Waals surface area contributed by atoms with E-state index in [4.69, 9.17) is 14.5 Å². The smallest absolute Gasteiger partial charge is 0.231 e. The molecule has 0 bridgehead atoms. The molecule has 5 rings (SSSR count). The molecule has 172 valence electrons. The molecule has 6 nitrogen and oxygen atoms in total. The Kier molecular flexibility index (Phi) is 5.20. The highest BCUT2D eigenvalue weighted by atomic mass is 16.7. The maximum absolute atomic E-state index is 10.5. The van der Waals surface area contributed by atoms with Crippen LogP contribution in [0.4, 0.5) is 5.82 Å². The highest BCUT2D eigenvalue weighted by Gasteiger charge is 2.37. The molecule has 0 spiro atoms. The standard InChI is InChI=1S/C27H31N3O3/c1-26(2)14-18(15-27(3,4)30-26)28-24-13-17(19-9-7-11-23-25(19)33-16-32-23)12-21(29-24)20-8-5-6-10-22(20)31/h5-13,18,30-31H,14-16H2,1-4H3,(H,28,29). The zero-order chi connectivity index (χ0) is 23.2. The average molecular weight is 446 g/mol. The molecule has 33 heavy (non-hydrogen) atoms. The zero-order valence-electron chi connectivity index (χ0n) is 19.6. The number of rotatable bonds is 4. The van der Waals surface area contributed by atoms with Gasteiger partial charge >= 0.3 is 0 Å². The lowest BCUT2D eigenvalue weighted by molar-refractivity contribution is 0.170. The summed E-state index contributed by atoms with van der Waals surface area (Å²) in [5.41, 5.74) is 3.33. The predicted molar refractivity (Wildman–Crippen MR) is 131 cm³/mol. The summed E-state index contributed by atoms with van der Waals surface area (Å²) >= 11 is 0. The van der Waals surface area contributed by atoms with Gasteiger partial charge in [0.25, 0.3) is 0 Å². The Hall–Kier alpha value is -3.25. The fourth-order valence-corrected chi connectivity index (χ4v) is 5.38. The van der Waals surface area contributed by atoms with Crippen LogP contribution in [0.2, 0.25) is 0 Å². The lowest BCUT2D eigenvalue weighted by Crippen LogP contribution is -2.60. The summed E-state index contributed by atoms with van der Waals surface area (Å²) in [6, 6.07) is 17.5. The highest BCUT2D eigenvalue weighted by molar-refractivity contribution is 5.80. The molecular weight excluding hydrogens is 414 g/mol. The van der Waals surface area contributed by atoms with Crippen molar-refractivity contribution in [3.05, 3.63) is 54.6 Å². The summed E-state index contributed by atoms with van der Waals surface area (Å²) in [7, 11) is 0. The van der Waals surface area contributed by atoms with E-state index >= 15 is 0 Å². The van der Waals surface area contributed by atoms with Crippen LogP contribution >= 0.6 is 0 Å². The van der Waals surface area contributed by atoms with Crippen LogP contribution in [-0.2, 0) is 0 Å². The normalized spacial score (nSPS) is 18.8. The maximum Gasteiger partial charge on any atom is 0.231 e. The second-order valence-electron chi connectivity index (χ2n) is 10.3. The van der Waals surface area contributed by atoms with E-state index in [0.29, 0.717) is 11.3 Å². The summed E-state index contributed by atoms with van der Waals surface area (Å²) in [6.45, 7) is 9.18. The van der Waals surface area contributed by atoms with Crippen molar-refractivity contribution >= 4 is 5.82 Å². The van der Waals surface area contributed by atoms with Crippen LogP contribution < -0.4 is 20.1 Å². The number of nitrogens with zero attached hydrogens (tertiary/aromatic N) is 1. The van der Waals surface area contributed by atoms with E-state index in [2.05, 4.69) is 44.4 Å². The number of fused-ring (bicyclic) bond motifs is 1. The van der Waals surface area contributed by atoms with Gasteiger partial charge in [-0.05, 0) is 76.4 Å². The quantitative estimate of drug-likeness (QED) is 0.487. The Morgan fingerprint density at radius 3 is 2.42 bits per heavy atom. The van der Waals surface area contributed by atoms with E-state index in [9.17, 15) is 5.11 Å². The first-order valence-electron chi connectivity index (χ1n) is 11.4. The van der Waals surface area contributed by atoms with E-state index < -0.39 is 0 Å². The highest BCUT2D eigenvalue weighted by Crippen LogP contribution is 2.43. The lowest BCUT2D eigenvalue weighted by Gasteiger charge is -2.46. The molecule has 0 radical (unpaired) electrons. The number of aromatic hydroxyl groups is 1. The van der Waals surface area contributed by atoms with Gasteiger partial charge in [0, 0.05) is 28.2 Å². The van der Waals surface area contributed by atoms with Crippen LogP contribution in [0.25, 0.3) is 22.4 Å². The molecule has 0 unspecified atom stereocenters. The number of pyridine rings is 1. The number of nitrogens with one attached hydrogen (secondary N) is 2. The van der Waals surface area contributed by atoms with Crippen molar-refractivity contribution in [2.24, 2.45) is 0 Å². The van der Waals surface area contributed by atoms with Gasteiger partial charge in [-0.15, -0.1) is 0 Å². The number of phenolic OH excluding ortho intramolecular Hbond substituents is 1. The average Bonchev–Trinajstić information content (AvgIpc) is 3.20. The molecule has 3 heterocycles. The first kappa shape index (κ1) is 21.6. The van der Waals surface area contributed by atoms with Crippen LogP contribution in [0.15, 0.2) is 54.6 Å². The third-order valence-corrected chi connectivity index (χ3v) is 6.26. The van der Waals surface area contributed by atoms with Gasteiger partial charge in [0.05, 0.1) is 5.69 Å².